The number of nitrogens with zero attached hydrogens (tertiary/aromatic N) is 3. The van der Waals surface area contributed by atoms with Gasteiger partial charge in [-0.1, -0.05) is 0 Å². The highest BCUT2D eigenvalue weighted by Gasteiger charge is 2.30. The molecule has 2 aromatic rings. The van der Waals surface area contributed by atoms with Crippen molar-refractivity contribution >= 4 is 0 Å². The van der Waals surface area contributed by atoms with Crippen LogP contribution < -0.4 is 16.0 Å². The molecule has 0 unspecified atom stereocenters. The Morgan fingerprint density at radius 3 is 2.32 bits per heavy atom. The molecule has 0 saturated carbocycles. The summed E-state index contributed by atoms with van der Waals surface area (Å²) in [7, 11) is 1.10. The first kappa shape index (κ1) is 18.7. The maximum Gasteiger partial charge on any atom is 0.387 e. The number of aromatic nitrogens is 3. The topological polar surface area (TPSA) is 66.1 Å². The number of hydrogen-bond acceptors (Lipinski definition) is 4. The molecule has 25 heavy (non-hydrogen) atoms. The minimum absolute atomic E-state index is 0.0137. The first-order valence-electron chi connectivity index (χ1n) is 7.08. The zero-order chi connectivity index (χ0) is 19.1. The summed E-state index contributed by atoms with van der Waals surface area (Å²) in [6.45, 7) is 0.279. The fraction of sp³-hybridized carbons (Fsp3) is 0.400. The Labute approximate surface area is 139 Å². The molecule has 0 spiro atoms. The molecule has 2 heterocycles. The summed E-state index contributed by atoms with van der Waals surface area (Å²) in [5, 5.41) is 0. The highest BCUT2D eigenvalue weighted by Crippen LogP contribution is 2.25. The predicted molar refractivity (Wildman–Crippen MR) is 80.7 cm³/mol. The van der Waals surface area contributed by atoms with Crippen LogP contribution in [-0.4, -0.2) is 20.7 Å². The highest BCUT2D eigenvalue weighted by molar-refractivity contribution is 5.42. The van der Waals surface area contributed by atoms with Gasteiger partial charge in [-0.25, -0.2) is 23.1 Å². The van der Waals surface area contributed by atoms with Crippen molar-refractivity contribution in [3.63, 3.8) is 0 Å². The number of aryl methyl sites for hydroxylation is 2. The molecule has 0 fully saturated rings. The Kier molecular flexibility index (Phi) is 4.74. The van der Waals surface area contributed by atoms with Crippen LogP contribution in [0.25, 0.3) is 5.82 Å². The number of ether oxygens (including phenoxy) is 1. The van der Waals surface area contributed by atoms with E-state index >= 15 is 0 Å². The Morgan fingerprint density at radius 1 is 1.20 bits per heavy atom. The lowest BCUT2D eigenvalue weighted by atomic mass is 10.2. The zero-order valence-corrected chi connectivity index (χ0v) is 13.8. The van der Waals surface area contributed by atoms with Crippen LogP contribution in [0.1, 0.15) is 23.9 Å². The highest BCUT2D eigenvalue weighted by atomic mass is 19.3. The lowest BCUT2D eigenvalue weighted by Gasteiger charge is -2.17. The van der Waals surface area contributed by atoms with Gasteiger partial charge in [0.1, 0.15) is 11.6 Å². The van der Waals surface area contributed by atoms with Gasteiger partial charge in [0.05, 0.1) is 11.4 Å². The van der Waals surface area contributed by atoms with Crippen LogP contribution in [0.5, 0.6) is 5.75 Å². The molecule has 136 valence electrons. The van der Waals surface area contributed by atoms with Gasteiger partial charge < -0.3 is 4.74 Å². The average Bonchev–Trinajstić information content (AvgIpc) is 2.46. The van der Waals surface area contributed by atoms with Crippen molar-refractivity contribution in [2.45, 2.75) is 33.3 Å². The summed E-state index contributed by atoms with van der Waals surface area (Å²) in [4.78, 5) is 28.6. The van der Waals surface area contributed by atoms with E-state index in [0.717, 1.165) is 7.05 Å². The monoisotopic (exact) mass is 361 g/mol. The fourth-order valence-corrected chi connectivity index (χ4v) is 2.35. The van der Waals surface area contributed by atoms with Crippen LogP contribution >= 0.6 is 0 Å². The maximum atomic E-state index is 13.5. The summed E-state index contributed by atoms with van der Waals surface area (Å²) >= 11 is 0. The smallest absolute Gasteiger partial charge is 0.387 e. The van der Waals surface area contributed by atoms with Gasteiger partial charge >= 0.3 is 12.3 Å². The van der Waals surface area contributed by atoms with E-state index in [0.29, 0.717) is 22.1 Å². The van der Waals surface area contributed by atoms with Crippen molar-refractivity contribution < 1.29 is 22.3 Å². The van der Waals surface area contributed by atoms with E-state index in [1.807, 2.05) is 0 Å². The van der Waals surface area contributed by atoms with Gasteiger partial charge in [0.25, 0.3) is 11.5 Å². The lowest BCUT2D eigenvalue weighted by Crippen LogP contribution is -2.41. The normalized spacial score (nSPS) is 11.9. The van der Waals surface area contributed by atoms with Crippen LogP contribution in [0, 0.1) is 13.8 Å². The molecule has 0 N–H and O–H groups in total. The SMILES string of the molecule is Cc1cc(OC(F)F)c(C)nc1-n1c(=O)cc(C(C)(F)F)n(C)c1=O. The number of alkyl halides is 4. The molecule has 0 amide bonds. The van der Waals surface area contributed by atoms with E-state index in [-0.39, 0.29) is 22.8 Å². The molecule has 0 aromatic carbocycles. The Balaban J connectivity index is 2.72. The summed E-state index contributed by atoms with van der Waals surface area (Å²) in [5.41, 5.74) is -2.57. The Morgan fingerprint density at radius 2 is 1.80 bits per heavy atom. The molecular formula is C15H15F4N3O3. The molecule has 0 radical (unpaired) electrons. The number of halogens is 4. The summed E-state index contributed by atoms with van der Waals surface area (Å²) < 4.78 is 57.3. The van der Waals surface area contributed by atoms with Crippen LogP contribution in [0.2, 0.25) is 0 Å². The number of hydrogen-bond donors (Lipinski definition) is 0. The van der Waals surface area contributed by atoms with Gasteiger partial charge in [0, 0.05) is 20.0 Å². The van der Waals surface area contributed by atoms with Crippen LogP contribution in [0.4, 0.5) is 17.6 Å². The molecule has 0 saturated heterocycles. The van der Waals surface area contributed by atoms with E-state index < -0.39 is 29.5 Å². The molecule has 2 rings (SSSR count). The van der Waals surface area contributed by atoms with Crippen molar-refractivity contribution in [3.05, 3.63) is 49.9 Å². The summed E-state index contributed by atoms with van der Waals surface area (Å²) in [6, 6.07) is 1.83. The third-order valence-corrected chi connectivity index (χ3v) is 3.53. The van der Waals surface area contributed by atoms with E-state index in [2.05, 4.69) is 9.72 Å². The van der Waals surface area contributed by atoms with Crippen molar-refractivity contribution in [2.75, 3.05) is 0 Å². The molecule has 2 aromatic heterocycles. The molecule has 10 heteroatoms. The van der Waals surface area contributed by atoms with Crippen molar-refractivity contribution in [3.8, 4) is 11.6 Å². The quantitative estimate of drug-likeness (QED) is 0.784. The minimum atomic E-state index is -3.39. The van der Waals surface area contributed by atoms with E-state index in [1.54, 1.807) is 0 Å². The lowest BCUT2D eigenvalue weighted by molar-refractivity contribution is -0.0505. The van der Waals surface area contributed by atoms with Crippen LogP contribution in [0.3, 0.4) is 0 Å². The predicted octanol–water partition coefficient (Wildman–Crippen LogP) is 2.26. The Hall–Kier alpha value is -2.65. The van der Waals surface area contributed by atoms with E-state index in [1.165, 1.54) is 19.9 Å². The molecule has 0 aliphatic rings. The van der Waals surface area contributed by atoms with Crippen LogP contribution in [0.15, 0.2) is 21.7 Å². The van der Waals surface area contributed by atoms with Crippen molar-refractivity contribution in [1.29, 1.82) is 0 Å². The molecule has 0 bridgehead atoms. The maximum absolute atomic E-state index is 13.5. The minimum Gasteiger partial charge on any atom is -0.433 e. The largest absolute Gasteiger partial charge is 0.433 e. The number of pyridine rings is 1. The second kappa shape index (κ2) is 6.34. The van der Waals surface area contributed by atoms with Crippen LogP contribution in [-0.2, 0) is 13.0 Å². The Bertz CT molecular complexity index is 929. The van der Waals surface area contributed by atoms with Gasteiger partial charge in [0.15, 0.2) is 0 Å². The molecule has 6 nitrogen and oxygen atoms in total. The second-order valence-corrected chi connectivity index (χ2v) is 5.52. The van der Waals surface area contributed by atoms with Gasteiger partial charge in [0.2, 0.25) is 0 Å². The molecule has 0 atom stereocenters. The van der Waals surface area contributed by atoms with Crippen molar-refractivity contribution in [2.24, 2.45) is 7.05 Å². The van der Waals surface area contributed by atoms with E-state index in [9.17, 15) is 27.2 Å². The van der Waals surface area contributed by atoms with Gasteiger partial charge in [-0.05, 0) is 25.5 Å². The van der Waals surface area contributed by atoms with Gasteiger partial charge in [-0.2, -0.15) is 8.78 Å². The van der Waals surface area contributed by atoms with Gasteiger partial charge in [-0.3, -0.25) is 9.36 Å². The first-order valence-corrected chi connectivity index (χ1v) is 7.08. The zero-order valence-electron chi connectivity index (χ0n) is 13.8. The van der Waals surface area contributed by atoms with Crippen molar-refractivity contribution in [1.82, 2.24) is 14.1 Å². The standard InChI is InChI=1S/C15H15F4N3O3/c1-7-5-9(25-13(16)17)8(2)20-12(7)22-11(23)6-10(15(3,18)19)21(4)14(22)24/h5-6,13H,1-4H3. The molecular weight excluding hydrogens is 346 g/mol. The molecule has 0 aliphatic carbocycles. The van der Waals surface area contributed by atoms with E-state index in [4.69, 9.17) is 0 Å². The second-order valence-electron chi connectivity index (χ2n) is 5.52. The average molecular weight is 361 g/mol. The number of rotatable bonds is 4. The molecule has 0 aliphatic heterocycles. The summed E-state index contributed by atoms with van der Waals surface area (Å²) in [5.74, 6) is -3.74. The third kappa shape index (κ3) is 3.57. The first-order chi connectivity index (χ1) is 11.4. The van der Waals surface area contributed by atoms with Gasteiger partial charge in [-0.15, -0.1) is 0 Å². The summed E-state index contributed by atoms with van der Waals surface area (Å²) in [6.07, 6.45) is 0. The third-order valence-electron chi connectivity index (χ3n) is 3.53. The fourth-order valence-electron chi connectivity index (χ4n) is 2.35.